The van der Waals surface area contributed by atoms with Crippen molar-refractivity contribution in [3.05, 3.63) is 48.3 Å². The Bertz CT molecular complexity index is 711. The molecule has 0 spiro atoms. The first-order valence-corrected chi connectivity index (χ1v) is 9.09. The summed E-state index contributed by atoms with van der Waals surface area (Å²) in [6.45, 7) is 4.40. The van der Waals surface area contributed by atoms with Crippen LogP contribution in [-0.2, 0) is 16.6 Å². The lowest BCUT2D eigenvalue weighted by molar-refractivity contribution is 0.165. The van der Waals surface area contributed by atoms with Gasteiger partial charge in [0.2, 0.25) is 10.0 Å². The molecule has 2 aromatic rings. The van der Waals surface area contributed by atoms with Gasteiger partial charge in [0, 0.05) is 12.7 Å². The van der Waals surface area contributed by atoms with Gasteiger partial charge < -0.3 is 5.11 Å². The van der Waals surface area contributed by atoms with Gasteiger partial charge in [0.05, 0.1) is 18.8 Å². The summed E-state index contributed by atoms with van der Waals surface area (Å²) >= 11 is 0. The van der Waals surface area contributed by atoms with Crippen LogP contribution < -0.4 is 4.72 Å². The largest absolute Gasteiger partial charge is 0.393 e. The molecule has 6 nitrogen and oxygen atoms in total. The fourth-order valence-corrected chi connectivity index (χ4v) is 3.46. The standard InChI is InChI=1S/C16H23N3O3S/c1-13(8-14(2)20)9-18-23(21,22)16-10-17-19(12-16)11-15-6-4-3-5-7-15/h3-7,10,12-14,18,20H,8-9,11H2,1-2H3. The highest BCUT2D eigenvalue weighted by molar-refractivity contribution is 7.89. The van der Waals surface area contributed by atoms with Gasteiger partial charge in [-0.2, -0.15) is 5.10 Å². The number of aromatic nitrogens is 2. The third-order valence-electron chi connectivity index (χ3n) is 3.47. The van der Waals surface area contributed by atoms with Gasteiger partial charge in [-0.25, -0.2) is 13.1 Å². The van der Waals surface area contributed by atoms with E-state index in [9.17, 15) is 13.5 Å². The molecule has 7 heteroatoms. The van der Waals surface area contributed by atoms with Crippen LogP contribution in [0.4, 0.5) is 0 Å². The molecule has 2 N–H and O–H groups in total. The SMILES string of the molecule is CC(O)CC(C)CNS(=O)(=O)c1cnn(Cc2ccccc2)c1. The molecule has 0 saturated heterocycles. The Morgan fingerprint density at radius 1 is 1.26 bits per heavy atom. The van der Waals surface area contributed by atoms with E-state index in [0.29, 0.717) is 13.0 Å². The minimum absolute atomic E-state index is 0.0594. The molecule has 1 aromatic carbocycles. The molecular weight excluding hydrogens is 314 g/mol. The highest BCUT2D eigenvalue weighted by Crippen LogP contribution is 2.11. The van der Waals surface area contributed by atoms with E-state index in [1.807, 2.05) is 37.3 Å². The summed E-state index contributed by atoms with van der Waals surface area (Å²) in [6.07, 6.45) is 2.98. The van der Waals surface area contributed by atoms with Crippen LogP contribution in [0.1, 0.15) is 25.8 Å². The molecule has 0 aliphatic rings. The number of sulfonamides is 1. The summed E-state index contributed by atoms with van der Waals surface area (Å²) in [4.78, 5) is 0.151. The van der Waals surface area contributed by atoms with E-state index in [2.05, 4.69) is 9.82 Å². The van der Waals surface area contributed by atoms with Crippen LogP contribution in [0.25, 0.3) is 0 Å². The normalized spacial score (nSPS) is 14.6. The monoisotopic (exact) mass is 337 g/mol. The number of aliphatic hydroxyl groups excluding tert-OH is 1. The molecule has 0 saturated carbocycles. The summed E-state index contributed by atoms with van der Waals surface area (Å²) in [6, 6.07) is 9.72. The molecule has 23 heavy (non-hydrogen) atoms. The van der Waals surface area contributed by atoms with Crippen LogP contribution in [0.5, 0.6) is 0 Å². The van der Waals surface area contributed by atoms with Crippen LogP contribution in [0, 0.1) is 5.92 Å². The molecule has 2 rings (SSSR count). The first kappa shape index (κ1) is 17.7. The second kappa shape index (κ2) is 7.72. The van der Waals surface area contributed by atoms with Crippen LogP contribution >= 0.6 is 0 Å². The van der Waals surface area contributed by atoms with Crippen LogP contribution in [0.15, 0.2) is 47.6 Å². The molecule has 2 atom stereocenters. The number of nitrogens with zero attached hydrogens (tertiary/aromatic N) is 2. The van der Waals surface area contributed by atoms with Crippen LogP contribution in [-0.4, -0.2) is 36.0 Å². The van der Waals surface area contributed by atoms with Crippen LogP contribution in [0.3, 0.4) is 0 Å². The van der Waals surface area contributed by atoms with Crippen molar-refractivity contribution in [2.45, 2.75) is 37.8 Å². The molecule has 0 fully saturated rings. The van der Waals surface area contributed by atoms with E-state index in [4.69, 9.17) is 0 Å². The number of rotatable bonds is 8. The van der Waals surface area contributed by atoms with Crippen molar-refractivity contribution >= 4 is 10.0 Å². The average Bonchev–Trinajstić information content (AvgIpc) is 2.95. The minimum Gasteiger partial charge on any atom is -0.393 e. The second-order valence-corrected chi connectivity index (χ2v) is 7.67. The number of nitrogens with one attached hydrogen (secondary N) is 1. The fourth-order valence-electron chi connectivity index (χ4n) is 2.34. The van der Waals surface area contributed by atoms with Gasteiger partial charge in [-0.3, -0.25) is 4.68 Å². The number of hydrogen-bond donors (Lipinski definition) is 2. The third-order valence-corrected chi connectivity index (χ3v) is 4.85. The molecule has 1 heterocycles. The highest BCUT2D eigenvalue weighted by Gasteiger charge is 2.18. The summed E-state index contributed by atoms with van der Waals surface area (Å²) in [5, 5.41) is 13.4. The van der Waals surface area contributed by atoms with Crippen molar-refractivity contribution in [3.8, 4) is 0 Å². The van der Waals surface area contributed by atoms with E-state index in [-0.39, 0.29) is 17.4 Å². The van der Waals surface area contributed by atoms with Crippen molar-refractivity contribution in [2.24, 2.45) is 5.92 Å². The van der Waals surface area contributed by atoms with Gasteiger partial charge >= 0.3 is 0 Å². The predicted molar refractivity (Wildman–Crippen MR) is 88.4 cm³/mol. The Labute approximate surface area is 137 Å². The summed E-state index contributed by atoms with van der Waals surface area (Å²) in [5.74, 6) is 0.0594. The van der Waals surface area contributed by atoms with E-state index in [0.717, 1.165) is 5.56 Å². The lowest BCUT2D eigenvalue weighted by Crippen LogP contribution is -2.29. The van der Waals surface area contributed by atoms with Crippen molar-refractivity contribution < 1.29 is 13.5 Å². The maximum absolute atomic E-state index is 12.3. The number of aliphatic hydroxyl groups is 1. The van der Waals surface area contributed by atoms with Gasteiger partial charge in [0.1, 0.15) is 4.90 Å². The maximum atomic E-state index is 12.3. The summed E-state index contributed by atoms with van der Waals surface area (Å²) in [5.41, 5.74) is 1.05. The lowest BCUT2D eigenvalue weighted by atomic mass is 10.1. The maximum Gasteiger partial charge on any atom is 0.243 e. The number of benzene rings is 1. The Balaban J connectivity index is 1.98. The van der Waals surface area contributed by atoms with E-state index in [1.165, 1.54) is 12.4 Å². The molecule has 0 amide bonds. The first-order valence-electron chi connectivity index (χ1n) is 7.61. The Kier molecular flexibility index (Phi) is 5.92. The van der Waals surface area contributed by atoms with Crippen molar-refractivity contribution in [3.63, 3.8) is 0 Å². The van der Waals surface area contributed by atoms with E-state index in [1.54, 1.807) is 11.6 Å². The topological polar surface area (TPSA) is 84.2 Å². The Morgan fingerprint density at radius 3 is 2.61 bits per heavy atom. The van der Waals surface area contributed by atoms with Gasteiger partial charge in [-0.15, -0.1) is 0 Å². The second-order valence-electron chi connectivity index (χ2n) is 5.90. The molecule has 1 aromatic heterocycles. The van der Waals surface area contributed by atoms with Crippen molar-refractivity contribution in [2.75, 3.05) is 6.54 Å². The van der Waals surface area contributed by atoms with Gasteiger partial charge in [-0.1, -0.05) is 37.3 Å². The van der Waals surface area contributed by atoms with E-state index >= 15 is 0 Å². The third kappa shape index (κ3) is 5.46. The first-order chi connectivity index (χ1) is 10.9. The quantitative estimate of drug-likeness (QED) is 0.766. The molecule has 0 aliphatic carbocycles. The van der Waals surface area contributed by atoms with Crippen molar-refractivity contribution in [1.82, 2.24) is 14.5 Å². The molecular formula is C16H23N3O3S. The molecule has 0 radical (unpaired) electrons. The highest BCUT2D eigenvalue weighted by atomic mass is 32.2. The zero-order valence-electron chi connectivity index (χ0n) is 13.4. The molecule has 2 unspecified atom stereocenters. The predicted octanol–water partition coefficient (Wildman–Crippen LogP) is 1.62. The molecule has 126 valence electrons. The number of hydrogen-bond acceptors (Lipinski definition) is 4. The van der Waals surface area contributed by atoms with Gasteiger partial charge in [-0.05, 0) is 24.8 Å². The molecule has 0 aliphatic heterocycles. The lowest BCUT2D eigenvalue weighted by Gasteiger charge is -2.13. The summed E-state index contributed by atoms with van der Waals surface area (Å²) < 4.78 is 28.7. The van der Waals surface area contributed by atoms with Gasteiger partial charge in [0.15, 0.2) is 0 Å². The smallest absolute Gasteiger partial charge is 0.243 e. The summed E-state index contributed by atoms with van der Waals surface area (Å²) in [7, 11) is -3.58. The molecule has 0 bridgehead atoms. The Hall–Kier alpha value is -1.70. The van der Waals surface area contributed by atoms with Crippen molar-refractivity contribution in [1.29, 1.82) is 0 Å². The zero-order chi connectivity index (χ0) is 16.9. The van der Waals surface area contributed by atoms with Crippen LogP contribution in [0.2, 0.25) is 0 Å². The fraction of sp³-hybridized carbons (Fsp3) is 0.438. The Morgan fingerprint density at radius 2 is 1.96 bits per heavy atom. The minimum atomic E-state index is -3.58. The zero-order valence-corrected chi connectivity index (χ0v) is 14.2. The van der Waals surface area contributed by atoms with E-state index < -0.39 is 16.1 Å². The van der Waals surface area contributed by atoms with Gasteiger partial charge in [0.25, 0.3) is 0 Å². The average molecular weight is 337 g/mol.